The Hall–Kier alpha value is -1.29. The Bertz CT molecular complexity index is 513. The molecule has 1 aliphatic heterocycles. The van der Waals surface area contributed by atoms with Crippen molar-refractivity contribution in [2.45, 2.75) is 19.8 Å². The zero-order valence-electron chi connectivity index (χ0n) is 11.9. The van der Waals surface area contributed by atoms with Gasteiger partial charge in [0.25, 0.3) is 0 Å². The summed E-state index contributed by atoms with van der Waals surface area (Å²) in [7, 11) is 1.63. The summed E-state index contributed by atoms with van der Waals surface area (Å²) >= 11 is 3.43. The third kappa shape index (κ3) is 3.85. The Morgan fingerprint density at radius 2 is 2.30 bits per heavy atom. The largest absolute Gasteiger partial charge is 0.496 e. The predicted octanol–water partition coefficient (Wildman–Crippen LogP) is 3.73. The lowest BCUT2D eigenvalue weighted by molar-refractivity contribution is -0.127. The summed E-state index contributed by atoms with van der Waals surface area (Å²) < 4.78 is 6.27. The second-order valence-corrected chi connectivity index (χ2v) is 6.17. The number of amides is 1. The molecule has 0 radical (unpaired) electrons. The number of carbonyl (C=O) groups is 1. The third-order valence-electron chi connectivity index (χ3n) is 3.57. The normalized spacial score (nSPS) is 19.4. The van der Waals surface area contributed by atoms with Gasteiger partial charge in [0.15, 0.2) is 0 Å². The number of nitrogens with zero attached hydrogens (tertiary/aromatic N) is 1. The number of piperidine rings is 1. The molecule has 1 saturated heterocycles. The van der Waals surface area contributed by atoms with Crippen LogP contribution in [0, 0.1) is 5.92 Å². The van der Waals surface area contributed by atoms with Gasteiger partial charge in [0.05, 0.1) is 7.11 Å². The molecule has 108 valence electrons. The molecule has 1 unspecified atom stereocenters. The van der Waals surface area contributed by atoms with Gasteiger partial charge < -0.3 is 9.64 Å². The lowest BCUT2D eigenvalue weighted by atomic mass is 10.0. The molecule has 0 aromatic heterocycles. The van der Waals surface area contributed by atoms with Crippen LogP contribution < -0.4 is 4.74 Å². The molecule has 1 aromatic rings. The number of carbonyl (C=O) groups excluding carboxylic acids is 1. The maximum absolute atomic E-state index is 12.2. The lowest BCUT2D eigenvalue weighted by Crippen LogP contribution is -2.38. The highest BCUT2D eigenvalue weighted by Gasteiger charge is 2.19. The van der Waals surface area contributed by atoms with Gasteiger partial charge in [0.2, 0.25) is 5.91 Å². The van der Waals surface area contributed by atoms with Crippen molar-refractivity contribution >= 4 is 27.9 Å². The Morgan fingerprint density at radius 1 is 1.50 bits per heavy atom. The van der Waals surface area contributed by atoms with E-state index in [4.69, 9.17) is 4.74 Å². The number of benzene rings is 1. The van der Waals surface area contributed by atoms with Crippen molar-refractivity contribution in [1.29, 1.82) is 0 Å². The van der Waals surface area contributed by atoms with Crippen LogP contribution >= 0.6 is 15.9 Å². The van der Waals surface area contributed by atoms with E-state index in [0.29, 0.717) is 5.92 Å². The highest BCUT2D eigenvalue weighted by Crippen LogP contribution is 2.24. The van der Waals surface area contributed by atoms with Crippen molar-refractivity contribution in [3.8, 4) is 5.75 Å². The van der Waals surface area contributed by atoms with Crippen molar-refractivity contribution < 1.29 is 9.53 Å². The van der Waals surface area contributed by atoms with E-state index in [0.717, 1.165) is 35.3 Å². The van der Waals surface area contributed by atoms with E-state index in [1.165, 1.54) is 6.42 Å². The quantitative estimate of drug-likeness (QED) is 0.786. The highest BCUT2D eigenvalue weighted by atomic mass is 79.9. The maximum Gasteiger partial charge on any atom is 0.246 e. The minimum absolute atomic E-state index is 0.0820. The van der Waals surface area contributed by atoms with Crippen LogP contribution in [0.3, 0.4) is 0 Å². The minimum Gasteiger partial charge on any atom is -0.496 e. The van der Waals surface area contributed by atoms with Gasteiger partial charge in [-0.1, -0.05) is 22.9 Å². The molecule has 0 bridgehead atoms. The molecule has 2 rings (SSSR count). The number of ether oxygens (including phenoxy) is 1. The molecule has 1 aromatic carbocycles. The van der Waals surface area contributed by atoms with E-state index in [1.54, 1.807) is 13.2 Å². The van der Waals surface area contributed by atoms with Crippen molar-refractivity contribution in [3.05, 3.63) is 34.3 Å². The second kappa shape index (κ2) is 6.93. The van der Waals surface area contributed by atoms with Gasteiger partial charge in [0.1, 0.15) is 5.75 Å². The predicted molar refractivity (Wildman–Crippen MR) is 84.7 cm³/mol. The van der Waals surface area contributed by atoms with E-state index >= 15 is 0 Å². The number of methoxy groups -OCH3 is 1. The van der Waals surface area contributed by atoms with Crippen LogP contribution in [0.1, 0.15) is 25.3 Å². The summed E-state index contributed by atoms with van der Waals surface area (Å²) in [6.07, 6.45) is 5.78. The van der Waals surface area contributed by atoms with Gasteiger partial charge in [-0.15, -0.1) is 0 Å². The average Bonchev–Trinajstić information content (AvgIpc) is 2.45. The molecule has 1 fully saturated rings. The number of halogens is 1. The molecule has 0 aliphatic carbocycles. The molecular weight excluding hydrogens is 318 g/mol. The first kappa shape index (κ1) is 15.1. The Kier molecular flexibility index (Phi) is 5.24. The summed E-state index contributed by atoms with van der Waals surface area (Å²) in [6, 6.07) is 5.75. The minimum atomic E-state index is 0.0820. The molecule has 3 nitrogen and oxygen atoms in total. The van der Waals surface area contributed by atoms with Crippen molar-refractivity contribution in [3.63, 3.8) is 0 Å². The Morgan fingerprint density at radius 3 is 3.00 bits per heavy atom. The Balaban J connectivity index is 2.08. The molecule has 1 heterocycles. The lowest BCUT2D eigenvalue weighted by Gasteiger charge is -2.30. The molecule has 1 atom stereocenters. The van der Waals surface area contributed by atoms with Crippen molar-refractivity contribution in [2.24, 2.45) is 5.92 Å². The maximum atomic E-state index is 12.2. The van der Waals surface area contributed by atoms with E-state index < -0.39 is 0 Å². The third-order valence-corrected chi connectivity index (χ3v) is 4.06. The topological polar surface area (TPSA) is 29.5 Å². The Labute approximate surface area is 128 Å². The van der Waals surface area contributed by atoms with Gasteiger partial charge >= 0.3 is 0 Å². The van der Waals surface area contributed by atoms with Crippen LogP contribution in [-0.2, 0) is 4.79 Å². The zero-order valence-corrected chi connectivity index (χ0v) is 13.5. The number of hydrogen-bond donors (Lipinski definition) is 0. The fourth-order valence-electron chi connectivity index (χ4n) is 2.49. The van der Waals surface area contributed by atoms with Gasteiger partial charge in [-0.2, -0.15) is 0 Å². The van der Waals surface area contributed by atoms with Crippen LogP contribution in [0.25, 0.3) is 6.08 Å². The summed E-state index contributed by atoms with van der Waals surface area (Å²) in [4.78, 5) is 14.1. The molecular formula is C16H20BrNO2. The first-order valence-electron chi connectivity index (χ1n) is 6.90. The second-order valence-electron chi connectivity index (χ2n) is 5.25. The van der Waals surface area contributed by atoms with E-state index in [-0.39, 0.29) is 5.91 Å². The molecule has 0 spiro atoms. The summed E-state index contributed by atoms with van der Waals surface area (Å²) in [5.74, 6) is 1.45. The first-order valence-corrected chi connectivity index (χ1v) is 7.70. The first-order chi connectivity index (χ1) is 9.60. The molecule has 1 amide bonds. The van der Waals surface area contributed by atoms with Crippen LogP contribution in [0.5, 0.6) is 5.75 Å². The van der Waals surface area contributed by atoms with Gasteiger partial charge in [-0.05, 0) is 43.0 Å². The van der Waals surface area contributed by atoms with E-state index in [2.05, 4.69) is 22.9 Å². The molecule has 4 heteroatoms. The summed E-state index contributed by atoms with van der Waals surface area (Å²) in [6.45, 7) is 3.92. The molecule has 0 saturated carbocycles. The number of likely N-dealkylation sites (tertiary alicyclic amines) is 1. The van der Waals surface area contributed by atoms with Crippen molar-refractivity contribution in [1.82, 2.24) is 4.90 Å². The van der Waals surface area contributed by atoms with Crippen molar-refractivity contribution in [2.75, 3.05) is 20.2 Å². The smallest absolute Gasteiger partial charge is 0.246 e. The van der Waals surface area contributed by atoms with Gasteiger partial charge in [0, 0.05) is 29.2 Å². The van der Waals surface area contributed by atoms with Crippen LogP contribution in [0.4, 0.5) is 0 Å². The fourth-order valence-corrected chi connectivity index (χ4v) is 2.87. The summed E-state index contributed by atoms with van der Waals surface area (Å²) in [5.41, 5.74) is 0.903. The molecule has 20 heavy (non-hydrogen) atoms. The number of hydrogen-bond acceptors (Lipinski definition) is 2. The summed E-state index contributed by atoms with van der Waals surface area (Å²) in [5, 5.41) is 0. The van der Waals surface area contributed by atoms with E-state index in [9.17, 15) is 4.79 Å². The highest BCUT2D eigenvalue weighted by molar-refractivity contribution is 9.10. The van der Waals surface area contributed by atoms with Gasteiger partial charge in [-0.3, -0.25) is 4.79 Å². The van der Waals surface area contributed by atoms with Crippen LogP contribution in [0.2, 0.25) is 0 Å². The molecule has 0 N–H and O–H groups in total. The fraction of sp³-hybridized carbons (Fsp3) is 0.438. The standard InChI is InChI=1S/C16H20BrNO2/c1-12-4-3-9-18(11-12)16(19)8-5-13-10-14(17)6-7-15(13)20-2/h5-8,10,12H,3-4,9,11H2,1-2H3/b8-5+. The molecule has 1 aliphatic rings. The number of rotatable bonds is 3. The van der Waals surface area contributed by atoms with Gasteiger partial charge in [-0.25, -0.2) is 0 Å². The zero-order chi connectivity index (χ0) is 14.5. The van der Waals surface area contributed by atoms with Crippen LogP contribution in [0.15, 0.2) is 28.7 Å². The van der Waals surface area contributed by atoms with E-state index in [1.807, 2.05) is 29.2 Å². The van der Waals surface area contributed by atoms with Crippen LogP contribution in [-0.4, -0.2) is 31.0 Å². The SMILES string of the molecule is COc1ccc(Br)cc1/C=C/C(=O)N1CCCC(C)C1. The monoisotopic (exact) mass is 337 g/mol. The average molecular weight is 338 g/mol.